The van der Waals surface area contributed by atoms with Gasteiger partial charge < -0.3 is 14.2 Å². The van der Waals surface area contributed by atoms with Crippen LogP contribution in [-0.4, -0.2) is 31.6 Å². The van der Waals surface area contributed by atoms with Gasteiger partial charge in [0.2, 0.25) is 0 Å². The Labute approximate surface area is 119 Å². The summed E-state index contributed by atoms with van der Waals surface area (Å²) >= 11 is 0. The molecule has 114 valence electrons. The molecule has 2 bridgehead atoms. The highest BCUT2D eigenvalue weighted by Crippen LogP contribution is 2.58. The maximum absolute atomic E-state index is 6.09. The van der Waals surface area contributed by atoms with Crippen molar-refractivity contribution in [1.82, 2.24) is 0 Å². The minimum atomic E-state index is -0.445. The van der Waals surface area contributed by atoms with Crippen molar-refractivity contribution in [2.75, 3.05) is 7.11 Å². The van der Waals surface area contributed by atoms with Crippen LogP contribution in [0.15, 0.2) is 0 Å². The maximum Gasteiger partial charge on any atom is 0.196 e. The molecule has 5 rings (SSSR count). The minimum Gasteiger partial charge on any atom is -0.355 e. The molecule has 0 N–H and O–H groups in total. The fourth-order valence-electron chi connectivity index (χ4n) is 4.96. The molecule has 4 aliphatic heterocycles. The van der Waals surface area contributed by atoms with Crippen LogP contribution in [0.2, 0.25) is 0 Å². The van der Waals surface area contributed by atoms with Gasteiger partial charge in [-0.1, -0.05) is 13.8 Å². The van der Waals surface area contributed by atoms with E-state index >= 15 is 0 Å². The van der Waals surface area contributed by atoms with Gasteiger partial charge in [0.05, 0.1) is 0 Å². The first kappa shape index (κ1) is 13.5. The average molecular weight is 284 g/mol. The Morgan fingerprint density at radius 2 is 1.80 bits per heavy atom. The molecule has 1 aliphatic carbocycles. The molecule has 0 aromatic carbocycles. The second kappa shape index (κ2) is 4.65. The molecule has 1 saturated carbocycles. The van der Waals surface area contributed by atoms with Gasteiger partial charge in [0, 0.05) is 25.4 Å². The molecule has 20 heavy (non-hydrogen) atoms. The predicted molar refractivity (Wildman–Crippen MR) is 69.2 cm³/mol. The highest BCUT2D eigenvalue weighted by Gasteiger charge is 2.67. The summed E-state index contributed by atoms with van der Waals surface area (Å²) in [5.74, 6) is 1.71. The number of methoxy groups -OCH3 is 1. The van der Waals surface area contributed by atoms with E-state index in [1.807, 2.05) is 0 Å². The molecule has 0 aromatic rings. The van der Waals surface area contributed by atoms with Crippen LogP contribution in [0.4, 0.5) is 0 Å². The van der Waals surface area contributed by atoms with Crippen molar-refractivity contribution in [3.63, 3.8) is 0 Å². The molecule has 0 amide bonds. The van der Waals surface area contributed by atoms with E-state index in [2.05, 4.69) is 13.8 Å². The first-order valence-electron chi connectivity index (χ1n) is 7.85. The van der Waals surface area contributed by atoms with Crippen LogP contribution < -0.4 is 0 Å². The summed E-state index contributed by atoms with van der Waals surface area (Å²) in [4.78, 5) is 11.5. The highest BCUT2D eigenvalue weighted by molar-refractivity contribution is 5.07. The third kappa shape index (κ3) is 1.61. The van der Waals surface area contributed by atoms with Gasteiger partial charge in [-0.15, -0.1) is 0 Å². The standard InChI is InChI=1S/C15H24O5/c1-8-4-5-11-9(2)13(16-3)18-14-15(11)10(8)6-7-12(17-14)19-20-15/h8-14H,4-7H2,1-3H3/t8?,9-,10+,11+,12?,13+,14?,15?/m1/s1. The van der Waals surface area contributed by atoms with E-state index in [0.717, 1.165) is 19.3 Å². The molecule has 0 aromatic heterocycles. The summed E-state index contributed by atoms with van der Waals surface area (Å²) in [6.45, 7) is 4.51. The Balaban J connectivity index is 1.78. The molecule has 4 heterocycles. The van der Waals surface area contributed by atoms with E-state index in [1.165, 1.54) is 6.42 Å². The fourth-order valence-corrected chi connectivity index (χ4v) is 4.96. The second-order valence-electron chi connectivity index (χ2n) is 6.87. The molecule has 1 spiro atoms. The van der Waals surface area contributed by atoms with Crippen LogP contribution in [0.5, 0.6) is 0 Å². The van der Waals surface area contributed by atoms with Crippen LogP contribution >= 0.6 is 0 Å². The average Bonchev–Trinajstić information content (AvgIpc) is 2.73. The SMILES string of the molecule is CO[C@H]1OC2OC3CC[C@H]4C(C)CC[C@@H]([C@H]1C)C24OO3. The van der Waals surface area contributed by atoms with Crippen molar-refractivity contribution >= 4 is 0 Å². The molecular formula is C15H24O5. The van der Waals surface area contributed by atoms with Crippen LogP contribution in [0, 0.1) is 23.7 Å². The Morgan fingerprint density at radius 1 is 1.00 bits per heavy atom. The van der Waals surface area contributed by atoms with Crippen LogP contribution in [-0.2, 0) is 24.0 Å². The molecular weight excluding hydrogens is 260 g/mol. The largest absolute Gasteiger partial charge is 0.355 e. The lowest BCUT2D eigenvalue weighted by molar-refractivity contribution is -0.551. The topological polar surface area (TPSA) is 46.2 Å². The first-order chi connectivity index (χ1) is 9.66. The van der Waals surface area contributed by atoms with E-state index in [-0.39, 0.29) is 24.8 Å². The zero-order valence-electron chi connectivity index (χ0n) is 12.4. The third-order valence-corrected chi connectivity index (χ3v) is 5.99. The number of ether oxygens (including phenoxy) is 3. The number of hydrogen-bond acceptors (Lipinski definition) is 5. The van der Waals surface area contributed by atoms with Gasteiger partial charge in [0.15, 0.2) is 24.5 Å². The first-order valence-corrected chi connectivity index (χ1v) is 7.85. The Morgan fingerprint density at radius 3 is 2.60 bits per heavy atom. The van der Waals surface area contributed by atoms with Crippen LogP contribution in [0.25, 0.3) is 0 Å². The Kier molecular flexibility index (Phi) is 3.13. The molecule has 5 aliphatic rings. The fraction of sp³-hybridized carbons (Fsp3) is 1.00. The van der Waals surface area contributed by atoms with Crippen molar-refractivity contribution in [2.45, 2.75) is 64.0 Å². The van der Waals surface area contributed by atoms with Gasteiger partial charge in [0.25, 0.3) is 0 Å². The van der Waals surface area contributed by atoms with E-state index < -0.39 is 5.60 Å². The van der Waals surface area contributed by atoms with E-state index in [4.69, 9.17) is 24.0 Å². The second-order valence-corrected chi connectivity index (χ2v) is 6.87. The lowest BCUT2D eigenvalue weighted by Gasteiger charge is -2.59. The van der Waals surface area contributed by atoms with Crippen LogP contribution in [0.1, 0.15) is 39.5 Å². The van der Waals surface area contributed by atoms with Gasteiger partial charge in [-0.3, -0.25) is 0 Å². The van der Waals surface area contributed by atoms with Crippen LogP contribution in [0.3, 0.4) is 0 Å². The number of rotatable bonds is 1. The van der Waals surface area contributed by atoms with Crippen molar-refractivity contribution in [3.05, 3.63) is 0 Å². The summed E-state index contributed by atoms with van der Waals surface area (Å²) in [5.41, 5.74) is -0.445. The monoisotopic (exact) mass is 284 g/mol. The smallest absolute Gasteiger partial charge is 0.196 e. The van der Waals surface area contributed by atoms with Crippen molar-refractivity contribution in [1.29, 1.82) is 0 Å². The van der Waals surface area contributed by atoms with E-state index in [9.17, 15) is 0 Å². The van der Waals surface area contributed by atoms with Gasteiger partial charge in [-0.25, -0.2) is 9.78 Å². The van der Waals surface area contributed by atoms with Gasteiger partial charge >= 0.3 is 0 Å². The molecule has 5 heteroatoms. The number of fused-ring (bicyclic) bond motifs is 2. The lowest BCUT2D eigenvalue weighted by Crippen LogP contribution is -2.69. The van der Waals surface area contributed by atoms with E-state index in [1.54, 1.807) is 7.11 Å². The Hall–Kier alpha value is -0.200. The summed E-state index contributed by atoms with van der Waals surface area (Å²) in [7, 11) is 1.70. The zero-order valence-corrected chi connectivity index (χ0v) is 12.4. The molecule has 4 saturated heterocycles. The quantitative estimate of drug-likeness (QED) is 0.692. The number of hydrogen-bond donors (Lipinski definition) is 0. The van der Waals surface area contributed by atoms with Crippen molar-refractivity contribution in [3.8, 4) is 0 Å². The normalized spacial score (nSPS) is 58.0. The zero-order chi connectivity index (χ0) is 13.9. The molecule has 0 radical (unpaired) electrons. The summed E-state index contributed by atoms with van der Waals surface area (Å²) < 4.78 is 17.6. The van der Waals surface area contributed by atoms with Gasteiger partial charge in [-0.05, 0) is 31.1 Å². The Bertz CT molecular complexity index is 388. The van der Waals surface area contributed by atoms with Crippen molar-refractivity contribution in [2.24, 2.45) is 23.7 Å². The van der Waals surface area contributed by atoms with Crippen molar-refractivity contribution < 1.29 is 24.0 Å². The molecule has 4 unspecified atom stereocenters. The predicted octanol–water partition coefficient (Wildman–Crippen LogP) is 2.45. The molecule has 5 fully saturated rings. The summed E-state index contributed by atoms with van der Waals surface area (Å²) in [6, 6.07) is 0. The summed E-state index contributed by atoms with van der Waals surface area (Å²) in [5, 5.41) is 0. The summed E-state index contributed by atoms with van der Waals surface area (Å²) in [6.07, 6.45) is 3.46. The minimum absolute atomic E-state index is 0.215. The third-order valence-electron chi connectivity index (χ3n) is 5.99. The highest BCUT2D eigenvalue weighted by atomic mass is 17.2. The van der Waals surface area contributed by atoms with Gasteiger partial charge in [0.1, 0.15) is 0 Å². The maximum atomic E-state index is 6.09. The van der Waals surface area contributed by atoms with E-state index in [0.29, 0.717) is 17.8 Å². The molecule has 8 atom stereocenters. The van der Waals surface area contributed by atoms with Gasteiger partial charge in [-0.2, -0.15) is 0 Å². The molecule has 5 nitrogen and oxygen atoms in total. The lowest BCUT2D eigenvalue weighted by atomic mass is 9.58.